The molecule has 0 amide bonds. The van der Waals surface area contributed by atoms with Crippen molar-refractivity contribution in [1.29, 1.82) is 0 Å². The molecule has 0 bridgehead atoms. The standard InChI is InChI=1S/C6H3ClF2N2O2/c7-2-1-3(8)5(10)6(4(2)9)11(12)13/h1H,10H2. The van der Waals surface area contributed by atoms with Crippen LogP contribution < -0.4 is 5.73 Å². The van der Waals surface area contributed by atoms with Gasteiger partial charge in [0.1, 0.15) is 5.69 Å². The summed E-state index contributed by atoms with van der Waals surface area (Å²) in [5.41, 5.74) is 2.95. The Bertz CT molecular complexity index is 357. The van der Waals surface area contributed by atoms with Crippen molar-refractivity contribution in [3.05, 3.63) is 32.8 Å². The molecule has 70 valence electrons. The fraction of sp³-hybridized carbons (Fsp3) is 0. The van der Waals surface area contributed by atoms with Crippen molar-refractivity contribution in [3.63, 3.8) is 0 Å². The average Bonchev–Trinajstić information content (AvgIpc) is 2.01. The van der Waals surface area contributed by atoms with Gasteiger partial charge in [0.25, 0.3) is 0 Å². The number of nitro benzene ring substituents is 1. The molecule has 4 nitrogen and oxygen atoms in total. The Kier molecular flexibility index (Phi) is 2.33. The highest BCUT2D eigenvalue weighted by atomic mass is 35.5. The molecule has 0 aromatic heterocycles. The van der Waals surface area contributed by atoms with Crippen LogP contribution in [0.1, 0.15) is 0 Å². The zero-order valence-corrected chi connectivity index (χ0v) is 6.81. The largest absolute Gasteiger partial charge is 0.391 e. The molecule has 0 saturated heterocycles. The molecule has 0 radical (unpaired) electrons. The number of nitrogen functional groups attached to an aromatic ring is 1. The first kappa shape index (κ1) is 9.66. The van der Waals surface area contributed by atoms with Gasteiger partial charge in [0, 0.05) is 0 Å². The first-order valence-electron chi connectivity index (χ1n) is 3.02. The summed E-state index contributed by atoms with van der Waals surface area (Å²) in [6.45, 7) is 0. The maximum absolute atomic E-state index is 12.9. The SMILES string of the molecule is Nc1c(F)cc(Cl)c(F)c1[N+](=O)[O-]. The highest BCUT2D eigenvalue weighted by Gasteiger charge is 2.24. The van der Waals surface area contributed by atoms with Crippen LogP contribution in [-0.4, -0.2) is 4.92 Å². The summed E-state index contributed by atoms with van der Waals surface area (Å²) in [6, 6.07) is 0.583. The second kappa shape index (κ2) is 3.14. The van der Waals surface area contributed by atoms with E-state index in [0.717, 1.165) is 0 Å². The zero-order chi connectivity index (χ0) is 10.2. The number of hydrogen-bond donors (Lipinski definition) is 1. The van der Waals surface area contributed by atoms with Crippen molar-refractivity contribution in [2.75, 3.05) is 5.73 Å². The highest BCUT2D eigenvalue weighted by molar-refractivity contribution is 6.31. The molecule has 7 heteroatoms. The van der Waals surface area contributed by atoms with Crippen LogP contribution in [0.15, 0.2) is 6.07 Å². The van der Waals surface area contributed by atoms with E-state index in [0.29, 0.717) is 6.07 Å². The summed E-state index contributed by atoms with van der Waals surface area (Å²) < 4.78 is 25.6. The summed E-state index contributed by atoms with van der Waals surface area (Å²) in [5.74, 6) is -2.44. The predicted molar refractivity (Wildman–Crippen MR) is 42.4 cm³/mol. The molecule has 0 spiro atoms. The lowest BCUT2D eigenvalue weighted by molar-refractivity contribution is -0.386. The third kappa shape index (κ3) is 1.52. The van der Waals surface area contributed by atoms with Crippen LogP contribution in [0.3, 0.4) is 0 Å². The molecule has 0 aliphatic heterocycles. The van der Waals surface area contributed by atoms with E-state index in [4.69, 9.17) is 17.3 Å². The minimum absolute atomic E-state index is 0.583. The van der Waals surface area contributed by atoms with Gasteiger partial charge in [-0.05, 0) is 6.07 Å². The minimum atomic E-state index is -1.33. The van der Waals surface area contributed by atoms with Gasteiger partial charge in [0.15, 0.2) is 5.82 Å². The maximum Gasteiger partial charge on any atom is 0.332 e. The normalized spacial score (nSPS) is 10.1. The number of rotatable bonds is 1. The predicted octanol–water partition coefficient (Wildman–Crippen LogP) is 2.11. The average molecular weight is 209 g/mol. The van der Waals surface area contributed by atoms with E-state index >= 15 is 0 Å². The Balaban J connectivity index is 3.56. The highest BCUT2D eigenvalue weighted by Crippen LogP contribution is 2.32. The lowest BCUT2D eigenvalue weighted by atomic mass is 10.2. The molecule has 0 atom stereocenters. The Hall–Kier alpha value is -1.43. The molecule has 1 aromatic carbocycles. The van der Waals surface area contributed by atoms with Crippen molar-refractivity contribution in [2.45, 2.75) is 0 Å². The van der Waals surface area contributed by atoms with Crippen molar-refractivity contribution in [3.8, 4) is 0 Å². The van der Waals surface area contributed by atoms with Crippen LogP contribution in [0.25, 0.3) is 0 Å². The number of nitrogens with zero attached hydrogens (tertiary/aromatic N) is 1. The fourth-order valence-electron chi connectivity index (χ4n) is 0.775. The quantitative estimate of drug-likeness (QED) is 0.333. The fourth-order valence-corrected chi connectivity index (χ4v) is 0.961. The molecule has 0 aliphatic rings. The Morgan fingerprint density at radius 1 is 1.54 bits per heavy atom. The first-order valence-corrected chi connectivity index (χ1v) is 3.40. The van der Waals surface area contributed by atoms with Crippen molar-refractivity contribution in [1.82, 2.24) is 0 Å². The van der Waals surface area contributed by atoms with Gasteiger partial charge < -0.3 is 5.73 Å². The number of nitro groups is 1. The molecule has 0 heterocycles. The number of anilines is 1. The molecular weight excluding hydrogens is 206 g/mol. The van der Waals surface area contributed by atoms with Gasteiger partial charge in [-0.2, -0.15) is 4.39 Å². The summed E-state index contributed by atoms with van der Waals surface area (Å²) in [5, 5.41) is 9.54. The third-order valence-corrected chi connectivity index (χ3v) is 1.64. The topological polar surface area (TPSA) is 69.2 Å². The smallest absolute Gasteiger partial charge is 0.332 e. The number of benzene rings is 1. The van der Waals surface area contributed by atoms with E-state index in [1.165, 1.54) is 0 Å². The molecule has 1 aromatic rings. The monoisotopic (exact) mass is 208 g/mol. The van der Waals surface area contributed by atoms with E-state index < -0.39 is 33.0 Å². The van der Waals surface area contributed by atoms with Crippen LogP contribution in [0.5, 0.6) is 0 Å². The molecular formula is C6H3ClF2N2O2. The van der Waals surface area contributed by atoms with E-state index in [2.05, 4.69) is 0 Å². The van der Waals surface area contributed by atoms with Gasteiger partial charge >= 0.3 is 5.69 Å². The Morgan fingerprint density at radius 2 is 2.08 bits per heavy atom. The van der Waals surface area contributed by atoms with Crippen molar-refractivity contribution >= 4 is 23.0 Å². The minimum Gasteiger partial charge on any atom is -0.391 e. The molecule has 2 N–H and O–H groups in total. The van der Waals surface area contributed by atoms with E-state index in [1.807, 2.05) is 0 Å². The van der Waals surface area contributed by atoms with Gasteiger partial charge in [-0.1, -0.05) is 11.6 Å². The van der Waals surface area contributed by atoms with Crippen LogP contribution in [0.2, 0.25) is 5.02 Å². The van der Waals surface area contributed by atoms with E-state index in [1.54, 1.807) is 0 Å². The van der Waals surface area contributed by atoms with Gasteiger partial charge in [0.05, 0.1) is 9.95 Å². The number of halogens is 3. The molecule has 0 fully saturated rings. The van der Waals surface area contributed by atoms with Crippen molar-refractivity contribution in [2.24, 2.45) is 0 Å². The van der Waals surface area contributed by atoms with Crippen molar-refractivity contribution < 1.29 is 13.7 Å². The van der Waals surface area contributed by atoms with Crippen LogP contribution in [0.4, 0.5) is 20.2 Å². The second-order valence-electron chi connectivity index (χ2n) is 2.17. The Morgan fingerprint density at radius 3 is 2.54 bits per heavy atom. The van der Waals surface area contributed by atoms with Gasteiger partial charge in [-0.3, -0.25) is 10.1 Å². The first-order chi connectivity index (χ1) is 5.95. The molecule has 0 unspecified atom stereocenters. The number of hydrogen-bond acceptors (Lipinski definition) is 3. The van der Waals surface area contributed by atoms with Crippen LogP contribution in [0, 0.1) is 21.7 Å². The molecule has 0 aliphatic carbocycles. The summed E-state index contributed by atoms with van der Waals surface area (Å²) >= 11 is 5.16. The summed E-state index contributed by atoms with van der Waals surface area (Å²) in [4.78, 5) is 9.08. The summed E-state index contributed by atoms with van der Waals surface area (Å²) in [7, 11) is 0. The van der Waals surface area contributed by atoms with Crippen LogP contribution >= 0.6 is 11.6 Å². The number of nitrogens with two attached hydrogens (primary N) is 1. The van der Waals surface area contributed by atoms with Gasteiger partial charge in [-0.15, -0.1) is 0 Å². The molecule has 0 saturated carbocycles. The van der Waals surface area contributed by atoms with E-state index in [-0.39, 0.29) is 0 Å². The third-order valence-electron chi connectivity index (χ3n) is 1.37. The summed E-state index contributed by atoms with van der Waals surface area (Å²) in [6.07, 6.45) is 0. The second-order valence-corrected chi connectivity index (χ2v) is 2.58. The Labute approximate surface area is 76.1 Å². The maximum atomic E-state index is 12.9. The van der Waals surface area contributed by atoms with Gasteiger partial charge in [-0.25, -0.2) is 4.39 Å². The lowest BCUT2D eigenvalue weighted by Gasteiger charge is -2.00. The van der Waals surface area contributed by atoms with Gasteiger partial charge in [0.2, 0.25) is 5.82 Å². The lowest BCUT2D eigenvalue weighted by Crippen LogP contribution is -2.02. The van der Waals surface area contributed by atoms with E-state index in [9.17, 15) is 18.9 Å². The molecule has 1 rings (SSSR count). The molecule has 13 heavy (non-hydrogen) atoms. The zero-order valence-electron chi connectivity index (χ0n) is 6.05. The van der Waals surface area contributed by atoms with Crippen LogP contribution in [-0.2, 0) is 0 Å².